The fourth-order valence-corrected chi connectivity index (χ4v) is 5.00. The van der Waals surface area contributed by atoms with E-state index in [2.05, 4.69) is 15.6 Å². The van der Waals surface area contributed by atoms with Gasteiger partial charge in [0.2, 0.25) is 5.91 Å². The zero-order valence-corrected chi connectivity index (χ0v) is 20.2. The van der Waals surface area contributed by atoms with E-state index in [0.29, 0.717) is 15.9 Å². The van der Waals surface area contributed by atoms with E-state index in [1.807, 2.05) is 92.7 Å². The maximum atomic E-state index is 13.4. The van der Waals surface area contributed by atoms with Crippen LogP contribution in [-0.2, 0) is 11.3 Å². The van der Waals surface area contributed by atoms with Gasteiger partial charge in [-0.25, -0.2) is 4.98 Å². The van der Waals surface area contributed by atoms with Gasteiger partial charge in [-0.1, -0.05) is 48.0 Å². The molecule has 0 aliphatic rings. The zero-order valence-electron chi connectivity index (χ0n) is 19.4. The number of aromatic nitrogens is 2. The second kappa shape index (κ2) is 9.56. The van der Waals surface area contributed by atoms with Crippen molar-refractivity contribution in [3.05, 3.63) is 106 Å². The van der Waals surface area contributed by atoms with Gasteiger partial charge < -0.3 is 10.6 Å². The number of carbonyl (C=O) groups excluding carboxylic acids is 1. The molecule has 0 aliphatic carbocycles. The van der Waals surface area contributed by atoms with E-state index >= 15 is 0 Å². The molecule has 0 saturated heterocycles. The third kappa shape index (κ3) is 4.85. The molecule has 3 aromatic carbocycles. The van der Waals surface area contributed by atoms with Crippen molar-refractivity contribution < 1.29 is 4.79 Å². The molecule has 35 heavy (non-hydrogen) atoms. The number of benzene rings is 3. The first-order valence-electron chi connectivity index (χ1n) is 11.3. The molecule has 0 radical (unpaired) electrons. The molecule has 6 nitrogen and oxygen atoms in total. The minimum Gasteiger partial charge on any atom is -0.356 e. The maximum absolute atomic E-state index is 13.4. The summed E-state index contributed by atoms with van der Waals surface area (Å²) in [4.78, 5) is 32.3. The summed E-state index contributed by atoms with van der Waals surface area (Å²) in [6.45, 7) is 3.91. The summed E-state index contributed by atoms with van der Waals surface area (Å²) in [5.41, 5.74) is 5.36. The summed E-state index contributed by atoms with van der Waals surface area (Å²) in [6.07, 6.45) is 1.45. The van der Waals surface area contributed by atoms with Crippen LogP contribution in [0.25, 0.3) is 21.3 Å². The van der Waals surface area contributed by atoms with Gasteiger partial charge in [-0.05, 0) is 55.8 Å². The van der Waals surface area contributed by atoms with Gasteiger partial charge in [-0.3, -0.25) is 14.2 Å². The van der Waals surface area contributed by atoms with Gasteiger partial charge in [-0.2, -0.15) is 0 Å². The van der Waals surface area contributed by atoms with Gasteiger partial charge in [0.1, 0.15) is 11.4 Å². The van der Waals surface area contributed by atoms with Gasteiger partial charge >= 0.3 is 0 Å². The minimum atomic E-state index is -0.291. The molecular formula is C28H24N4O2S. The molecule has 5 rings (SSSR count). The van der Waals surface area contributed by atoms with Crippen LogP contribution in [0.1, 0.15) is 10.4 Å². The summed E-state index contributed by atoms with van der Waals surface area (Å²) in [6, 6.07) is 25.4. The van der Waals surface area contributed by atoms with Crippen molar-refractivity contribution in [1.82, 2.24) is 9.55 Å². The number of anilines is 3. The van der Waals surface area contributed by atoms with Crippen LogP contribution in [-0.4, -0.2) is 15.5 Å². The van der Waals surface area contributed by atoms with E-state index in [4.69, 9.17) is 0 Å². The molecule has 5 aromatic rings. The number of aryl methyl sites for hydroxylation is 2. The molecule has 0 fully saturated rings. The Balaban J connectivity index is 1.34. The highest BCUT2D eigenvalue weighted by Crippen LogP contribution is 2.35. The van der Waals surface area contributed by atoms with E-state index in [1.165, 1.54) is 22.2 Å². The molecule has 0 bridgehead atoms. The van der Waals surface area contributed by atoms with E-state index in [9.17, 15) is 9.59 Å². The van der Waals surface area contributed by atoms with Crippen LogP contribution in [0, 0.1) is 13.8 Å². The highest BCUT2D eigenvalue weighted by molar-refractivity contribution is 7.19. The fraction of sp³-hybridized carbons (Fsp3) is 0.107. The van der Waals surface area contributed by atoms with E-state index in [-0.39, 0.29) is 18.0 Å². The van der Waals surface area contributed by atoms with E-state index in [0.717, 1.165) is 32.9 Å². The van der Waals surface area contributed by atoms with Crippen molar-refractivity contribution in [3.63, 3.8) is 0 Å². The minimum absolute atomic E-state index is 0.117. The monoisotopic (exact) mass is 480 g/mol. The first-order chi connectivity index (χ1) is 17.0. The normalized spacial score (nSPS) is 10.9. The molecule has 174 valence electrons. The predicted octanol–water partition coefficient (Wildman–Crippen LogP) is 6.12. The Morgan fingerprint density at radius 2 is 1.54 bits per heavy atom. The van der Waals surface area contributed by atoms with Crippen molar-refractivity contribution in [2.45, 2.75) is 20.4 Å². The van der Waals surface area contributed by atoms with E-state index in [1.54, 1.807) is 0 Å². The summed E-state index contributed by atoms with van der Waals surface area (Å²) in [5, 5.41) is 6.73. The van der Waals surface area contributed by atoms with Gasteiger partial charge in [0.25, 0.3) is 5.56 Å². The van der Waals surface area contributed by atoms with Crippen LogP contribution >= 0.6 is 11.3 Å². The Morgan fingerprint density at radius 1 is 0.886 bits per heavy atom. The zero-order chi connectivity index (χ0) is 24.4. The van der Waals surface area contributed by atoms with Crippen LogP contribution in [0.3, 0.4) is 0 Å². The quantitative estimate of drug-likeness (QED) is 0.307. The molecular weight excluding hydrogens is 456 g/mol. The number of para-hydroxylation sites is 1. The summed E-state index contributed by atoms with van der Waals surface area (Å²) >= 11 is 1.49. The molecule has 7 heteroatoms. The molecule has 0 atom stereocenters. The van der Waals surface area contributed by atoms with Crippen molar-refractivity contribution >= 4 is 44.5 Å². The Kier molecular flexibility index (Phi) is 6.16. The lowest BCUT2D eigenvalue weighted by Crippen LogP contribution is -2.27. The summed E-state index contributed by atoms with van der Waals surface area (Å²) in [5.74, 6) is -0.291. The fourth-order valence-electron chi connectivity index (χ4n) is 4.00. The number of nitrogens with zero attached hydrogens (tertiary/aromatic N) is 2. The van der Waals surface area contributed by atoms with Crippen molar-refractivity contribution in [1.29, 1.82) is 0 Å². The highest BCUT2D eigenvalue weighted by Gasteiger charge is 2.18. The van der Waals surface area contributed by atoms with Gasteiger partial charge in [0, 0.05) is 27.5 Å². The van der Waals surface area contributed by atoms with Gasteiger partial charge in [-0.15, -0.1) is 11.3 Å². The average Bonchev–Trinajstić information content (AvgIpc) is 3.20. The number of carbonyl (C=O) groups is 1. The Morgan fingerprint density at radius 3 is 2.26 bits per heavy atom. The highest BCUT2D eigenvalue weighted by atomic mass is 32.1. The lowest BCUT2D eigenvalue weighted by atomic mass is 10.0. The molecule has 2 aromatic heterocycles. The molecule has 2 heterocycles. The van der Waals surface area contributed by atoms with Gasteiger partial charge in [0.05, 0.1) is 11.7 Å². The number of hydrogen-bond acceptors (Lipinski definition) is 5. The number of fused-ring (bicyclic) bond motifs is 1. The Hall–Kier alpha value is -4.23. The van der Waals surface area contributed by atoms with Crippen molar-refractivity contribution in [3.8, 4) is 11.1 Å². The smallest absolute Gasteiger partial charge is 0.263 e. The molecule has 0 unspecified atom stereocenters. The topological polar surface area (TPSA) is 76.0 Å². The van der Waals surface area contributed by atoms with Crippen LogP contribution in [0.4, 0.5) is 17.1 Å². The Bertz CT molecular complexity index is 1550. The lowest BCUT2D eigenvalue weighted by molar-refractivity contribution is -0.116. The first kappa shape index (κ1) is 22.6. The second-order valence-corrected chi connectivity index (χ2v) is 9.58. The van der Waals surface area contributed by atoms with Crippen LogP contribution in [0.2, 0.25) is 0 Å². The number of rotatable bonds is 6. The third-order valence-electron chi connectivity index (χ3n) is 5.74. The number of hydrogen-bond donors (Lipinski definition) is 2. The SMILES string of the molecule is Cc1ccc(-c2c(C)sc3ncn(CC(=O)Nc4ccc(Nc5ccccc5)cc4)c(=O)c23)cc1. The summed E-state index contributed by atoms with van der Waals surface area (Å²) < 4.78 is 1.37. The van der Waals surface area contributed by atoms with E-state index < -0.39 is 0 Å². The predicted molar refractivity (Wildman–Crippen MR) is 144 cm³/mol. The van der Waals surface area contributed by atoms with Crippen LogP contribution < -0.4 is 16.2 Å². The molecule has 0 spiro atoms. The maximum Gasteiger partial charge on any atom is 0.263 e. The number of amides is 1. The largest absolute Gasteiger partial charge is 0.356 e. The van der Waals surface area contributed by atoms with Crippen LogP contribution in [0.15, 0.2) is 90.0 Å². The second-order valence-electron chi connectivity index (χ2n) is 8.37. The van der Waals surface area contributed by atoms with Crippen LogP contribution in [0.5, 0.6) is 0 Å². The molecule has 2 N–H and O–H groups in total. The first-order valence-corrected chi connectivity index (χ1v) is 12.1. The third-order valence-corrected chi connectivity index (χ3v) is 6.75. The average molecular weight is 481 g/mol. The molecule has 1 amide bonds. The van der Waals surface area contributed by atoms with Crippen molar-refractivity contribution in [2.75, 3.05) is 10.6 Å². The standard InChI is InChI=1S/C28H24N4O2S/c1-18-8-10-20(11-9-18)25-19(2)35-27-26(25)28(34)32(17-29-27)16-24(33)31-23-14-12-22(13-15-23)30-21-6-4-3-5-7-21/h3-15,17,30H,16H2,1-2H3,(H,31,33). The molecule has 0 aliphatic heterocycles. The van der Waals surface area contributed by atoms with Crippen molar-refractivity contribution in [2.24, 2.45) is 0 Å². The summed E-state index contributed by atoms with van der Waals surface area (Å²) in [7, 11) is 0. The lowest BCUT2D eigenvalue weighted by Gasteiger charge is -2.10. The molecule has 0 saturated carbocycles. The Labute approximate surface area is 206 Å². The van der Waals surface area contributed by atoms with Gasteiger partial charge in [0.15, 0.2) is 0 Å². The number of nitrogens with one attached hydrogen (secondary N) is 2. The number of thiophene rings is 1.